The monoisotopic (exact) mass is 363 g/mol. The van der Waals surface area contributed by atoms with Crippen LogP contribution < -0.4 is 5.73 Å². The van der Waals surface area contributed by atoms with Crippen LogP contribution in [-0.2, 0) is 4.74 Å². The molecule has 1 unspecified atom stereocenters. The Kier molecular flexibility index (Phi) is 3.98. The van der Waals surface area contributed by atoms with Crippen LogP contribution in [0.5, 0.6) is 0 Å². The highest BCUT2D eigenvalue weighted by Gasteiger charge is 2.34. The zero-order valence-electron chi connectivity index (χ0n) is 11.7. The highest BCUT2D eigenvalue weighted by atomic mass is 79.9. The van der Waals surface area contributed by atoms with Crippen molar-refractivity contribution in [1.82, 2.24) is 9.88 Å². The first-order valence-electron chi connectivity index (χ1n) is 6.84. The quantitative estimate of drug-likeness (QED) is 0.906. The van der Waals surface area contributed by atoms with Gasteiger partial charge in [-0.1, -0.05) is 22.0 Å². The molecule has 114 valence electrons. The number of hydrogen-bond donors (Lipinski definition) is 1. The van der Waals surface area contributed by atoms with Crippen molar-refractivity contribution in [3.63, 3.8) is 0 Å². The summed E-state index contributed by atoms with van der Waals surface area (Å²) in [5.74, 6) is -0.158. The zero-order valence-corrected chi connectivity index (χ0v) is 13.2. The molecule has 0 bridgehead atoms. The Morgan fingerprint density at radius 3 is 2.86 bits per heavy atom. The minimum absolute atomic E-state index is 0.123. The number of aromatic nitrogens is 1. The molecule has 1 saturated heterocycles. The highest BCUT2D eigenvalue weighted by Crippen LogP contribution is 2.23. The third-order valence-corrected chi connectivity index (χ3v) is 4.19. The lowest BCUT2D eigenvalue weighted by molar-refractivity contribution is 0.0247. The van der Waals surface area contributed by atoms with Crippen LogP contribution in [0.3, 0.4) is 0 Å². The lowest BCUT2D eigenvalue weighted by Gasteiger charge is -2.40. The van der Waals surface area contributed by atoms with Crippen LogP contribution in [0.4, 0.5) is 4.79 Å². The SMILES string of the molecule is NC(=O)OCC1CCN1C(=O)c1ccc2cc(Br)ccc2n1. The van der Waals surface area contributed by atoms with Gasteiger partial charge in [0.15, 0.2) is 0 Å². The van der Waals surface area contributed by atoms with Crippen LogP contribution in [-0.4, -0.2) is 41.1 Å². The van der Waals surface area contributed by atoms with Crippen molar-refractivity contribution in [2.75, 3.05) is 13.2 Å². The second-order valence-electron chi connectivity index (χ2n) is 5.10. The minimum atomic E-state index is -0.825. The minimum Gasteiger partial charge on any atom is -0.448 e. The molecule has 2 heterocycles. The molecule has 1 aliphatic heterocycles. The van der Waals surface area contributed by atoms with Gasteiger partial charge in [-0.15, -0.1) is 0 Å². The lowest BCUT2D eigenvalue weighted by atomic mass is 10.0. The molecule has 0 saturated carbocycles. The maximum absolute atomic E-state index is 12.5. The van der Waals surface area contributed by atoms with E-state index in [1.54, 1.807) is 11.0 Å². The predicted molar refractivity (Wildman–Crippen MR) is 84.4 cm³/mol. The van der Waals surface area contributed by atoms with Crippen molar-refractivity contribution in [1.29, 1.82) is 0 Å². The Morgan fingerprint density at radius 2 is 2.18 bits per heavy atom. The molecule has 0 spiro atoms. The number of benzene rings is 1. The first-order chi connectivity index (χ1) is 10.5. The number of carbonyl (C=O) groups is 2. The number of halogens is 1. The summed E-state index contributed by atoms with van der Waals surface area (Å²) in [7, 11) is 0. The second kappa shape index (κ2) is 5.92. The normalized spacial score (nSPS) is 17.1. The fraction of sp³-hybridized carbons (Fsp3) is 0.267. The Labute approximate surface area is 135 Å². The van der Waals surface area contributed by atoms with Crippen LogP contribution in [0.2, 0.25) is 0 Å². The largest absolute Gasteiger partial charge is 0.448 e. The van der Waals surface area contributed by atoms with E-state index in [4.69, 9.17) is 10.5 Å². The Balaban J connectivity index is 1.77. The van der Waals surface area contributed by atoms with Crippen LogP contribution in [0.25, 0.3) is 10.9 Å². The topological polar surface area (TPSA) is 85.5 Å². The number of ether oxygens (including phenoxy) is 1. The van der Waals surface area contributed by atoms with Crippen molar-refractivity contribution >= 4 is 38.8 Å². The maximum atomic E-state index is 12.5. The molecular formula is C15H14BrN3O3. The number of pyridine rings is 1. The second-order valence-corrected chi connectivity index (χ2v) is 6.02. The summed E-state index contributed by atoms with van der Waals surface area (Å²) in [6.07, 6.45) is -0.0341. The summed E-state index contributed by atoms with van der Waals surface area (Å²) in [5, 5.41) is 0.961. The molecule has 1 aliphatic rings. The molecule has 1 atom stereocenters. The summed E-state index contributed by atoms with van der Waals surface area (Å²) >= 11 is 3.41. The van der Waals surface area contributed by atoms with Crippen molar-refractivity contribution in [3.05, 3.63) is 40.5 Å². The van der Waals surface area contributed by atoms with Crippen LogP contribution >= 0.6 is 15.9 Å². The van der Waals surface area contributed by atoms with Gasteiger partial charge in [-0.25, -0.2) is 9.78 Å². The molecule has 7 heteroatoms. The fourth-order valence-corrected chi connectivity index (χ4v) is 2.80. The van der Waals surface area contributed by atoms with Gasteiger partial charge in [-0.05, 0) is 30.7 Å². The van der Waals surface area contributed by atoms with Gasteiger partial charge in [0.2, 0.25) is 0 Å². The highest BCUT2D eigenvalue weighted by molar-refractivity contribution is 9.10. The van der Waals surface area contributed by atoms with Gasteiger partial charge in [-0.2, -0.15) is 0 Å². The van der Waals surface area contributed by atoms with E-state index in [-0.39, 0.29) is 18.6 Å². The first kappa shape index (κ1) is 14.8. The van der Waals surface area contributed by atoms with E-state index in [1.165, 1.54) is 0 Å². The standard InChI is InChI=1S/C15H14BrN3O3/c16-10-2-4-12-9(7-10)1-3-13(18-12)14(20)19-6-5-11(19)8-22-15(17)21/h1-4,7,11H,5-6,8H2,(H2,17,21). The molecular weight excluding hydrogens is 350 g/mol. The Bertz CT molecular complexity index is 750. The van der Waals surface area contributed by atoms with Gasteiger partial charge in [0.25, 0.3) is 5.91 Å². The number of amides is 2. The van der Waals surface area contributed by atoms with Gasteiger partial charge < -0.3 is 15.4 Å². The van der Waals surface area contributed by atoms with Gasteiger partial charge in [-0.3, -0.25) is 4.79 Å². The van der Waals surface area contributed by atoms with E-state index >= 15 is 0 Å². The number of carbonyl (C=O) groups excluding carboxylic acids is 2. The van der Waals surface area contributed by atoms with Crippen molar-refractivity contribution < 1.29 is 14.3 Å². The van der Waals surface area contributed by atoms with E-state index in [0.29, 0.717) is 12.2 Å². The number of rotatable bonds is 3. The summed E-state index contributed by atoms with van der Waals surface area (Å²) < 4.78 is 5.73. The summed E-state index contributed by atoms with van der Waals surface area (Å²) in [6, 6.07) is 9.15. The maximum Gasteiger partial charge on any atom is 0.404 e. The lowest BCUT2D eigenvalue weighted by Crippen LogP contribution is -2.53. The summed E-state index contributed by atoms with van der Waals surface area (Å²) in [4.78, 5) is 29.2. The summed E-state index contributed by atoms with van der Waals surface area (Å²) in [6.45, 7) is 0.757. The molecule has 2 amide bonds. The van der Waals surface area contributed by atoms with Crippen molar-refractivity contribution in [3.8, 4) is 0 Å². The van der Waals surface area contributed by atoms with Gasteiger partial charge in [0.05, 0.1) is 11.6 Å². The van der Waals surface area contributed by atoms with E-state index < -0.39 is 6.09 Å². The van der Waals surface area contributed by atoms with E-state index in [2.05, 4.69) is 20.9 Å². The molecule has 2 aromatic rings. The predicted octanol–water partition coefficient (Wildman–Crippen LogP) is 2.31. The number of nitrogens with two attached hydrogens (primary N) is 1. The number of likely N-dealkylation sites (tertiary alicyclic amines) is 1. The zero-order chi connectivity index (χ0) is 15.7. The number of primary amides is 1. The average Bonchev–Trinajstić information content (AvgIpc) is 2.45. The van der Waals surface area contributed by atoms with Crippen LogP contribution in [0.15, 0.2) is 34.8 Å². The molecule has 1 aromatic carbocycles. The molecule has 1 aromatic heterocycles. The molecule has 0 aliphatic carbocycles. The van der Waals surface area contributed by atoms with E-state index in [0.717, 1.165) is 21.8 Å². The number of nitrogens with zero attached hydrogens (tertiary/aromatic N) is 2. The third kappa shape index (κ3) is 2.89. The molecule has 1 fully saturated rings. The third-order valence-electron chi connectivity index (χ3n) is 3.69. The Hall–Kier alpha value is -2.15. The van der Waals surface area contributed by atoms with Gasteiger partial charge in [0, 0.05) is 16.4 Å². The molecule has 22 heavy (non-hydrogen) atoms. The van der Waals surface area contributed by atoms with Crippen LogP contribution in [0.1, 0.15) is 16.9 Å². The first-order valence-corrected chi connectivity index (χ1v) is 7.63. The number of hydrogen-bond acceptors (Lipinski definition) is 4. The molecule has 3 rings (SSSR count). The Morgan fingerprint density at radius 1 is 1.36 bits per heavy atom. The van der Waals surface area contributed by atoms with Crippen molar-refractivity contribution in [2.45, 2.75) is 12.5 Å². The van der Waals surface area contributed by atoms with E-state index in [9.17, 15) is 9.59 Å². The van der Waals surface area contributed by atoms with Gasteiger partial charge in [0.1, 0.15) is 12.3 Å². The fourth-order valence-electron chi connectivity index (χ4n) is 2.42. The number of fused-ring (bicyclic) bond motifs is 1. The van der Waals surface area contributed by atoms with E-state index in [1.807, 2.05) is 24.3 Å². The van der Waals surface area contributed by atoms with Gasteiger partial charge >= 0.3 is 6.09 Å². The molecule has 6 nitrogen and oxygen atoms in total. The smallest absolute Gasteiger partial charge is 0.404 e. The van der Waals surface area contributed by atoms with Crippen molar-refractivity contribution in [2.24, 2.45) is 5.73 Å². The average molecular weight is 364 g/mol. The molecule has 0 radical (unpaired) electrons. The molecule has 2 N–H and O–H groups in total. The summed E-state index contributed by atoms with van der Waals surface area (Å²) in [5.41, 5.74) is 6.10. The van der Waals surface area contributed by atoms with Crippen LogP contribution in [0, 0.1) is 0 Å².